The molecule has 102 valence electrons. The highest BCUT2D eigenvalue weighted by atomic mass is 16.5. The van der Waals surface area contributed by atoms with E-state index in [1.807, 2.05) is 30.3 Å². The van der Waals surface area contributed by atoms with E-state index in [9.17, 15) is 9.59 Å². The third-order valence-electron chi connectivity index (χ3n) is 2.32. The van der Waals surface area contributed by atoms with Gasteiger partial charge in [-0.1, -0.05) is 30.3 Å². The number of nitrogens with two attached hydrogens (primary N) is 1. The number of carbonyl (C=O) groups is 2. The van der Waals surface area contributed by atoms with Crippen molar-refractivity contribution in [2.45, 2.75) is 13.3 Å². The maximum Gasteiger partial charge on any atom is 0.332 e. The van der Waals surface area contributed by atoms with E-state index in [0.717, 1.165) is 5.56 Å². The SMILES string of the molecule is CCOC(=O)[C@H](/C=N\NC(N)=O)Cc1ccccc1. The minimum Gasteiger partial charge on any atom is -0.465 e. The summed E-state index contributed by atoms with van der Waals surface area (Å²) >= 11 is 0. The monoisotopic (exact) mass is 263 g/mol. The first-order valence-corrected chi connectivity index (χ1v) is 5.92. The van der Waals surface area contributed by atoms with Gasteiger partial charge >= 0.3 is 12.0 Å². The van der Waals surface area contributed by atoms with E-state index in [1.165, 1.54) is 6.21 Å². The lowest BCUT2D eigenvalue weighted by Crippen LogP contribution is -2.27. The minimum atomic E-state index is -0.779. The number of primary amides is 1. The molecule has 0 aliphatic carbocycles. The van der Waals surface area contributed by atoms with Crippen molar-refractivity contribution in [2.75, 3.05) is 6.61 Å². The van der Waals surface area contributed by atoms with Crippen molar-refractivity contribution in [3.05, 3.63) is 35.9 Å². The van der Waals surface area contributed by atoms with Gasteiger partial charge in [-0.2, -0.15) is 5.10 Å². The highest BCUT2D eigenvalue weighted by Crippen LogP contribution is 2.09. The van der Waals surface area contributed by atoms with Crippen molar-refractivity contribution in [3.8, 4) is 0 Å². The number of rotatable bonds is 6. The zero-order valence-electron chi connectivity index (χ0n) is 10.7. The van der Waals surface area contributed by atoms with Crippen molar-refractivity contribution in [2.24, 2.45) is 16.8 Å². The predicted molar refractivity (Wildman–Crippen MR) is 71.5 cm³/mol. The highest BCUT2D eigenvalue weighted by molar-refractivity contribution is 5.90. The Balaban J connectivity index is 2.71. The van der Waals surface area contributed by atoms with Gasteiger partial charge < -0.3 is 10.5 Å². The van der Waals surface area contributed by atoms with E-state index in [-0.39, 0.29) is 5.97 Å². The Bertz CT molecular complexity index is 446. The molecule has 0 fully saturated rings. The van der Waals surface area contributed by atoms with E-state index < -0.39 is 11.9 Å². The Morgan fingerprint density at radius 2 is 2.11 bits per heavy atom. The molecule has 2 amide bonds. The maximum absolute atomic E-state index is 11.8. The zero-order valence-corrected chi connectivity index (χ0v) is 10.7. The first-order chi connectivity index (χ1) is 9.13. The van der Waals surface area contributed by atoms with Crippen molar-refractivity contribution in [1.29, 1.82) is 0 Å². The van der Waals surface area contributed by atoms with Gasteiger partial charge in [0.15, 0.2) is 0 Å². The summed E-state index contributed by atoms with van der Waals surface area (Å²) in [7, 11) is 0. The van der Waals surface area contributed by atoms with Crippen LogP contribution >= 0.6 is 0 Å². The van der Waals surface area contributed by atoms with Gasteiger partial charge in [-0.25, -0.2) is 10.2 Å². The van der Waals surface area contributed by atoms with Crippen LogP contribution in [0.2, 0.25) is 0 Å². The first kappa shape index (κ1) is 14.7. The average Bonchev–Trinajstić information content (AvgIpc) is 2.38. The van der Waals surface area contributed by atoms with Gasteiger partial charge in [0.1, 0.15) is 0 Å². The quantitative estimate of drug-likeness (QED) is 0.456. The molecule has 0 saturated carbocycles. The van der Waals surface area contributed by atoms with Crippen LogP contribution in [0.1, 0.15) is 12.5 Å². The summed E-state index contributed by atoms with van der Waals surface area (Å²) < 4.78 is 4.96. The summed E-state index contributed by atoms with van der Waals surface area (Å²) in [4.78, 5) is 22.3. The van der Waals surface area contributed by atoms with Crippen LogP contribution in [0.3, 0.4) is 0 Å². The third-order valence-corrected chi connectivity index (χ3v) is 2.32. The lowest BCUT2D eigenvalue weighted by Gasteiger charge is -2.11. The lowest BCUT2D eigenvalue weighted by atomic mass is 10.0. The van der Waals surface area contributed by atoms with Crippen LogP contribution < -0.4 is 11.2 Å². The molecule has 0 spiro atoms. The topological polar surface area (TPSA) is 93.8 Å². The highest BCUT2D eigenvalue weighted by Gasteiger charge is 2.18. The van der Waals surface area contributed by atoms with Crippen LogP contribution in [-0.2, 0) is 16.0 Å². The average molecular weight is 263 g/mol. The van der Waals surface area contributed by atoms with Gasteiger partial charge in [0, 0.05) is 6.21 Å². The molecule has 1 aromatic carbocycles. The third kappa shape index (κ3) is 5.67. The van der Waals surface area contributed by atoms with E-state index in [0.29, 0.717) is 13.0 Å². The maximum atomic E-state index is 11.8. The summed E-state index contributed by atoms with van der Waals surface area (Å²) in [6, 6.07) is 8.69. The molecule has 0 aliphatic rings. The molecular weight excluding hydrogens is 246 g/mol. The molecule has 0 aliphatic heterocycles. The molecule has 1 aromatic rings. The van der Waals surface area contributed by atoms with Crippen LogP contribution in [0.4, 0.5) is 4.79 Å². The molecule has 0 aromatic heterocycles. The van der Waals surface area contributed by atoms with E-state index in [2.05, 4.69) is 10.5 Å². The van der Waals surface area contributed by atoms with Crippen LogP contribution in [0.5, 0.6) is 0 Å². The number of benzene rings is 1. The number of carbonyl (C=O) groups excluding carboxylic acids is 2. The summed E-state index contributed by atoms with van der Waals surface area (Å²) in [5, 5.41) is 3.62. The summed E-state index contributed by atoms with van der Waals surface area (Å²) in [5.41, 5.74) is 7.92. The summed E-state index contributed by atoms with van der Waals surface area (Å²) in [6.45, 7) is 2.03. The van der Waals surface area contributed by atoms with E-state index >= 15 is 0 Å². The number of nitrogens with one attached hydrogen (secondary N) is 1. The van der Waals surface area contributed by atoms with Crippen molar-refractivity contribution in [3.63, 3.8) is 0 Å². The van der Waals surface area contributed by atoms with Crippen molar-refractivity contribution in [1.82, 2.24) is 5.43 Å². The Labute approximate surface area is 111 Å². The molecule has 0 bridgehead atoms. The number of hydrazone groups is 1. The van der Waals surface area contributed by atoms with Gasteiger partial charge in [-0.05, 0) is 18.9 Å². The van der Waals surface area contributed by atoms with E-state index in [1.54, 1.807) is 6.92 Å². The molecule has 0 heterocycles. The minimum absolute atomic E-state index is 0.293. The summed E-state index contributed by atoms with van der Waals surface area (Å²) in [5.74, 6) is -0.949. The fourth-order valence-corrected chi connectivity index (χ4v) is 1.51. The Morgan fingerprint density at radius 3 is 2.68 bits per heavy atom. The molecule has 1 rings (SSSR count). The van der Waals surface area contributed by atoms with Gasteiger partial charge in [-0.15, -0.1) is 0 Å². The van der Waals surface area contributed by atoms with Crippen molar-refractivity contribution < 1.29 is 14.3 Å². The molecule has 0 unspecified atom stereocenters. The van der Waals surface area contributed by atoms with Crippen LogP contribution in [0, 0.1) is 5.92 Å². The molecule has 1 atom stereocenters. The van der Waals surface area contributed by atoms with Gasteiger partial charge in [0.25, 0.3) is 0 Å². The number of ether oxygens (including phenoxy) is 1. The van der Waals surface area contributed by atoms with Crippen LogP contribution in [0.15, 0.2) is 35.4 Å². The normalized spacial score (nSPS) is 12.1. The fraction of sp³-hybridized carbons (Fsp3) is 0.308. The smallest absolute Gasteiger partial charge is 0.332 e. The molecular formula is C13H17N3O3. The number of hydrogen-bond acceptors (Lipinski definition) is 4. The molecule has 6 heteroatoms. The second-order valence-corrected chi connectivity index (χ2v) is 3.80. The standard InChI is InChI=1S/C13H17N3O3/c1-2-19-12(17)11(9-15-16-13(14)18)8-10-6-4-3-5-7-10/h3-7,9,11H,2,8H2,1H3,(H3,14,16,18)/b15-9-/t11-/m0/s1. The Kier molecular flexibility index (Phi) is 6.08. The number of amides is 2. The fourth-order valence-electron chi connectivity index (χ4n) is 1.51. The molecule has 3 N–H and O–H groups in total. The second-order valence-electron chi connectivity index (χ2n) is 3.80. The predicted octanol–water partition coefficient (Wildman–Crippen LogP) is 1.06. The first-order valence-electron chi connectivity index (χ1n) is 5.92. The lowest BCUT2D eigenvalue weighted by molar-refractivity contribution is -0.145. The largest absolute Gasteiger partial charge is 0.465 e. The van der Waals surface area contributed by atoms with Gasteiger partial charge in [0.2, 0.25) is 0 Å². The van der Waals surface area contributed by atoms with Gasteiger partial charge in [-0.3, -0.25) is 4.79 Å². The molecule has 0 saturated heterocycles. The van der Waals surface area contributed by atoms with Crippen molar-refractivity contribution >= 4 is 18.2 Å². The summed E-state index contributed by atoms with van der Waals surface area (Å²) in [6.07, 6.45) is 1.78. The number of urea groups is 1. The Hall–Kier alpha value is -2.37. The Morgan fingerprint density at radius 1 is 1.42 bits per heavy atom. The molecule has 19 heavy (non-hydrogen) atoms. The molecule has 0 radical (unpaired) electrons. The van der Waals surface area contributed by atoms with Crippen LogP contribution in [-0.4, -0.2) is 24.8 Å². The number of nitrogens with zero attached hydrogens (tertiary/aromatic N) is 1. The number of hydrogen-bond donors (Lipinski definition) is 2. The van der Waals surface area contributed by atoms with Gasteiger partial charge in [0.05, 0.1) is 12.5 Å². The second kappa shape index (κ2) is 7.86. The van der Waals surface area contributed by atoms with E-state index in [4.69, 9.17) is 10.5 Å². The zero-order chi connectivity index (χ0) is 14.1. The molecule has 6 nitrogen and oxygen atoms in total. The van der Waals surface area contributed by atoms with Crippen LogP contribution in [0.25, 0.3) is 0 Å². The number of esters is 1.